The van der Waals surface area contributed by atoms with Gasteiger partial charge in [-0.3, -0.25) is 9.59 Å². The summed E-state index contributed by atoms with van der Waals surface area (Å²) in [4.78, 5) is 27.4. The number of likely N-dealkylation sites (tertiary alicyclic amines) is 1. The Morgan fingerprint density at radius 3 is 2.73 bits per heavy atom. The molecule has 7 nitrogen and oxygen atoms in total. The number of piperidine rings is 1. The Hall–Kier alpha value is -3.35. The van der Waals surface area contributed by atoms with Gasteiger partial charge in [-0.25, -0.2) is 4.68 Å². The molecule has 30 heavy (non-hydrogen) atoms. The van der Waals surface area contributed by atoms with E-state index >= 15 is 0 Å². The van der Waals surface area contributed by atoms with Gasteiger partial charge in [0, 0.05) is 25.5 Å². The molecule has 7 heteroatoms. The fourth-order valence-electron chi connectivity index (χ4n) is 3.95. The molecule has 0 saturated carbocycles. The molecule has 1 amide bonds. The van der Waals surface area contributed by atoms with E-state index in [0.29, 0.717) is 31.1 Å². The summed E-state index contributed by atoms with van der Waals surface area (Å²) in [6.07, 6.45) is 6.94. The molecule has 3 aromatic rings. The van der Waals surface area contributed by atoms with Gasteiger partial charge < -0.3 is 14.2 Å². The molecule has 0 spiro atoms. The number of benzene rings is 1. The summed E-state index contributed by atoms with van der Waals surface area (Å²) in [5, 5.41) is 4.54. The van der Waals surface area contributed by atoms with Crippen LogP contribution in [-0.2, 0) is 9.53 Å². The summed E-state index contributed by atoms with van der Waals surface area (Å²) in [5.74, 6) is 0.0704. The largest absolute Gasteiger partial charge is 0.466 e. The average Bonchev–Trinajstić information content (AvgIpc) is 3.43. The quantitative estimate of drug-likeness (QED) is 0.609. The first-order valence-corrected chi connectivity index (χ1v) is 10.3. The molecular weight excluding hydrogens is 380 g/mol. The SMILES string of the molecule is CCOC(=O)C1CCCN(C(=O)c2cnn(-c3cccc(C)c3)c2-n2cccc2)C1. The van der Waals surface area contributed by atoms with E-state index in [1.807, 2.05) is 60.3 Å². The Balaban J connectivity index is 1.69. The van der Waals surface area contributed by atoms with Crippen molar-refractivity contribution in [3.63, 3.8) is 0 Å². The summed E-state index contributed by atoms with van der Waals surface area (Å²) >= 11 is 0. The summed E-state index contributed by atoms with van der Waals surface area (Å²) in [6, 6.07) is 11.8. The number of aromatic nitrogens is 3. The van der Waals surface area contributed by atoms with Crippen LogP contribution in [0.1, 0.15) is 35.7 Å². The number of hydrogen-bond acceptors (Lipinski definition) is 4. The predicted octanol–water partition coefficient (Wildman–Crippen LogP) is 3.39. The Labute approximate surface area is 175 Å². The van der Waals surface area contributed by atoms with Gasteiger partial charge in [-0.2, -0.15) is 5.10 Å². The van der Waals surface area contributed by atoms with Crippen molar-refractivity contribution in [2.24, 2.45) is 5.92 Å². The molecule has 1 aliphatic heterocycles. The molecule has 3 heterocycles. The van der Waals surface area contributed by atoms with Crippen LogP contribution < -0.4 is 0 Å². The molecule has 156 valence electrons. The van der Waals surface area contributed by atoms with Crippen LogP contribution in [0, 0.1) is 12.8 Å². The highest BCUT2D eigenvalue weighted by Gasteiger charge is 2.32. The van der Waals surface area contributed by atoms with Crippen LogP contribution >= 0.6 is 0 Å². The van der Waals surface area contributed by atoms with Crippen LogP contribution in [0.15, 0.2) is 55.0 Å². The second-order valence-corrected chi connectivity index (χ2v) is 7.57. The van der Waals surface area contributed by atoms with Crippen molar-refractivity contribution in [2.45, 2.75) is 26.7 Å². The van der Waals surface area contributed by atoms with Gasteiger partial charge in [-0.05, 0) is 56.5 Å². The number of rotatable bonds is 5. The minimum Gasteiger partial charge on any atom is -0.466 e. The van der Waals surface area contributed by atoms with Gasteiger partial charge in [0.25, 0.3) is 5.91 Å². The van der Waals surface area contributed by atoms with E-state index in [1.54, 1.807) is 22.7 Å². The fourth-order valence-corrected chi connectivity index (χ4v) is 3.95. The summed E-state index contributed by atoms with van der Waals surface area (Å²) in [5.41, 5.74) is 2.51. The van der Waals surface area contributed by atoms with Gasteiger partial charge in [-0.15, -0.1) is 0 Å². The van der Waals surface area contributed by atoms with Gasteiger partial charge in [0.1, 0.15) is 5.56 Å². The maximum absolute atomic E-state index is 13.5. The monoisotopic (exact) mass is 406 g/mol. The molecule has 4 rings (SSSR count). The number of hydrogen-bond donors (Lipinski definition) is 0. The number of carbonyl (C=O) groups is 2. The summed E-state index contributed by atoms with van der Waals surface area (Å²) in [7, 11) is 0. The van der Waals surface area contributed by atoms with Crippen LogP contribution in [-0.4, -0.2) is 50.8 Å². The zero-order valence-corrected chi connectivity index (χ0v) is 17.3. The lowest BCUT2D eigenvalue weighted by Crippen LogP contribution is -2.43. The molecule has 1 aliphatic rings. The third-order valence-electron chi connectivity index (χ3n) is 5.40. The molecule has 0 radical (unpaired) electrons. The molecule has 1 saturated heterocycles. The first kappa shape index (κ1) is 19.9. The summed E-state index contributed by atoms with van der Waals surface area (Å²) < 4.78 is 8.86. The number of ether oxygens (including phenoxy) is 1. The topological polar surface area (TPSA) is 69.4 Å². The Kier molecular flexibility index (Phi) is 5.70. The van der Waals surface area contributed by atoms with E-state index in [4.69, 9.17) is 4.74 Å². The lowest BCUT2D eigenvalue weighted by Gasteiger charge is -2.31. The van der Waals surface area contributed by atoms with Gasteiger partial charge in [0.2, 0.25) is 0 Å². The van der Waals surface area contributed by atoms with Crippen molar-refractivity contribution in [3.8, 4) is 11.5 Å². The highest BCUT2D eigenvalue weighted by atomic mass is 16.5. The van der Waals surface area contributed by atoms with E-state index < -0.39 is 0 Å². The van der Waals surface area contributed by atoms with Crippen LogP contribution in [0.5, 0.6) is 0 Å². The zero-order valence-electron chi connectivity index (χ0n) is 17.3. The molecular formula is C23H26N4O3. The lowest BCUT2D eigenvalue weighted by molar-refractivity contribution is -0.149. The summed E-state index contributed by atoms with van der Waals surface area (Å²) in [6.45, 7) is 5.17. The first-order chi connectivity index (χ1) is 14.6. The number of esters is 1. The molecule has 0 aliphatic carbocycles. The van der Waals surface area contributed by atoms with Crippen molar-refractivity contribution in [1.29, 1.82) is 0 Å². The first-order valence-electron chi connectivity index (χ1n) is 10.3. The van der Waals surface area contributed by atoms with Gasteiger partial charge in [0.05, 0.1) is 24.4 Å². The number of carbonyl (C=O) groups excluding carboxylic acids is 2. The molecule has 2 aromatic heterocycles. The molecule has 1 unspecified atom stereocenters. The Morgan fingerprint density at radius 1 is 1.20 bits per heavy atom. The van der Waals surface area contributed by atoms with E-state index in [2.05, 4.69) is 5.10 Å². The van der Waals surface area contributed by atoms with Crippen LogP contribution in [0.4, 0.5) is 0 Å². The zero-order chi connectivity index (χ0) is 21.1. The number of amides is 1. The van der Waals surface area contributed by atoms with Crippen molar-refractivity contribution >= 4 is 11.9 Å². The van der Waals surface area contributed by atoms with Crippen molar-refractivity contribution in [3.05, 3.63) is 66.1 Å². The van der Waals surface area contributed by atoms with E-state index in [1.165, 1.54) is 0 Å². The third-order valence-corrected chi connectivity index (χ3v) is 5.40. The smallest absolute Gasteiger partial charge is 0.310 e. The third kappa shape index (κ3) is 3.87. The van der Waals surface area contributed by atoms with Crippen molar-refractivity contribution < 1.29 is 14.3 Å². The second kappa shape index (κ2) is 8.57. The van der Waals surface area contributed by atoms with Crippen LogP contribution in [0.2, 0.25) is 0 Å². The minimum absolute atomic E-state index is 0.119. The normalized spacial score (nSPS) is 16.5. The van der Waals surface area contributed by atoms with Gasteiger partial charge >= 0.3 is 5.97 Å². The Bertz CT molecular complexity index is 1040. The highest BCUT2D eigenvalue weighted by Crippen LogP contribution is 2.25. The van der Waals surface area contributed by atoms with Crippen molar-refractivity contribution in [2.75, 3.05) is 19.7 Å². The Morgan fingerprint density at radius 2 is 2.00 bits per heavy atom. The van der Waals surface area contributed by atoms with Crippen LogP contribution in [0.3, 0.4) is 0 Å². The second-order valence-electron chi connectivity index (χ2n) is 7.57. The van der Waals surface area contributed by atoms with Gasteiger partial charge in [-0.1, -0.05) is 12.1 Å². The lowest BCUT2D eigenvalue weighted by atomic mass is 9.97. The predicted molar refractivity (Wildman–Crippen MR) is 113 cm³/mol. The maximum atomic E-state index is 13.5. The van der Waals surface area contributed by atoms with E-state index in [0.717, 1.165) is 24.1 Å². The molecule has 1 aromatic carbocycles. The molecule has 1 fully saturated rings. The fraction of sp³-hybridized carbons (Fsp3) is 0.348. The molecule has 1 atom stereocenters. The van der Waals surface area contributed by atoms with E-state index in [-0.39, 0.29) is 17.8 Å². The molecule has 0 N–H and O–H groups in total. The van der Waals surface area contributed by atoms with E-state index in [9.17, 15) is 9.59 Å². The number of aryl methyl sites for hydroxylation is 1. The average molecular weight is 406 g/mol. The number of nitrogens with zero attached hydrogens (tertiary/aromatic N) is 4. The maximum Gasteiger partial charge on any atom is 0.310 e. The molecule has 0 bridgehead atoms. The van der Waals surface area contributed by atoms with Crippen molar-refractivity contribution in [1.82, 2.24) is 19.2 Å². The van der Waals surface area contributed by atoms with Gasteiger partial charge in [0.15, 0.2) is 5.82 Å². The standard InChI is InChI=1S/C23H26N4O3/c1-3-30-23(29)18-9-7-13-26(16-18)22(28)20-15-24-27(19-10-6-8-17(2)14-19)21(20)25-11-4-5-12-25/h4-6,8,10-12,14-15,18H,3,7,9,13,16H2,1-2H3. The van der Waals surface area contributed by atoms with Crippen LogP contribution in [0.25, 0.3) is 11.5 Å². The minimum atomic E-state index is -0.274. The highest BCUT2D eigenvalue weighted by molar-refractivity contribution is 5.97.